The van der Waals surface area contributed by atoms with Crippen molar-refractivity contribution in [3.63, 3.8) is 0 Å². The normalized spacial score (nSPS) is 19.5. The molecule has 5 heterocycles. The van der Waals surface area contributed by atoms with E-state index in [1.807, 2.05) is 24.9 Å². The molecule has 1 unspecified atom stereocenters. The lowest BCUT2D eigenvalue weighted by atomic mass is 9.95. The first-order valence-corrected chi connectivity index (χ1v) is 11.1. The van der Waals surface area contributed by atoms with Crippen LogP contribution in [-0.2, 0) is 16.6 Å². The van der Waals surface area contributed by atoms with Crippen LogP contribution in [0.4, 0.5) is 0 Å². The van der Waals surface area contributed by atoms with Gasteiger partial charge < -0.3 is 19.0 Å². The van der Waals surface area contributed by atoms with Gasteiger partial charge in [-0.15, -0.1) is 0 Å². The number of likely N-dealkylation sites (tertiary alicyclic amines) is 1. The minimum Gasteiger partial charge on any atom is -0.463 e. The number of ether oxygens (including phenoxy) is 1. The highest BCUT2D eigenvalue weighted by atomic mass is 16.5. The molecule has 2 saturated heterocycles. The maximum Gasteiger partial charge on any atom is 0.254 e. The topological polar surface area (TPSA) is 93.7 Å². The van der Waals surface area contributed by atoms with E-state index in [9.17, 15) is 9.59 Å². The average Bonchev–Trinajstić information content (AvgIpc) is 3.47. The first kappa shape index (κ1) is 20.7. The molecule has 2 amide bonds. The van der Waals surface area contributed by atoms with Crippen LogP contribution >= 0.6 is 0 Å². The molecule has 5 rings (SSSR count). The Labute approximate surface area is 185 Å². The highest BCUT2D eigenvalue weighted by Gasteiger charge is 2.33. The van der Waals surface area contributed by atoms with Crippen molar-refractivity contribution in [2.45, 2.75) is 19.8 Å². The van der Waals surface area contributed by atoms with Crippen LogP contribution in [0, 0.1) is 12.8 Å². The van der Waals surface area contributed by atoms with Gasteiger partial charge in [-0.1, -0.05) is 0 Å². The van der Waals surface area contributed by atoms with E-state index < -0.39 is 0 Å². The van der Waals surface area contributed by atoms with Gasteiger partial charge in [0, 0.05) is 33.2 Å². The molecule has 2 aliphatic rings. The summed E-state index contributed by atoms with van der Waals surface area (Å²) in [4.78, 5) is 35.1. The molecule has 0 N–H and O–H groups in total. The Kier molecular flexibility index (Phi) is 5.42. The minimum atomic E-state index is -0.178. The molecule has 9 nitrogen and oxygen atoms in total. The molecule has 1 atom stereocenters. The summed E-state index contributed by atoms with van der Waals surface area (Å²) in [7, 11) is 1.82. The fourth-order valence-electron chi connectivity index (χ4n) is 4.74. The number of aromatic nitrogens is 3. The number of amides is 2. The lowest BCUT2D eigenvalue weighted by molar-refractivity contribution is -0.141. The van der Waals surface area contributed by atoms with Crippen LogP contribution in [0.25, 0.3) is 22.5 Å². The van der Waals surface area contributed by atoms with E-state index in [1.54, 1.807) is 28.0 Å². The maximum absolute atomic E-state index is 13.7. The number of piperidine rings is 1. The smallest absolute Gasteiger partial charge is 0.254 e. The van der Waals surface area contributed by atoms with E-state index in [4.69, 9.17) is 14.1 Å². The molecule has 32 heavy (non-hydrogen) atoms. The van der Waals surface area contributed by atoms with Crippen molar-refractivity contribution < 1.29 is 18.7 Å². The van der Waals surface area contributed by atoms with Gasteiger partial charge in [0.1, 0.15) is 5.69 Å². The molecule has 0 spiro atoms. The second kappa shape index (κ2) is 8.38. The number of hydrogen-bond acceptors (Lipinski definition) is 6. The number of pyridine rings is 1. The van der Waals surface area contributed by atoms with E-state index in [2.05, 4.69) is 5.10 Å². The van der Waals surface area contributed by atoms with E-state index in [0.717, 1.165) is 23.9 Å². The predicted molar refractivity (Wildman–Crippen MR) is 117 cm³/mol. The molecule has 0 aromatic carbocycles. The SMILES string of the molecule is Cc1nn(C)c2nc(-c3ccco3)cc(C(=O)N3CCCC(C(=O)N4CCOCC4)C3)c12. The zero-order valence-electron chi connectivity index (χ0n) is 18.4. The van der Waals surface area contributed by atoms with Crippen LogP contribution in [0.3, 0.4) is 0 Å². The van der Waals surface area contributed by atoms with Gasteiger partial charge >= 0.3 is 0 Å². The number of aryl methyl sites for hydroxylation is 2. The van der Waals surface area contributed by atoms with Crippen LogP contribution in [0.1, 0.15) is 28.9 Å². The summed E-state index contributed by atoms with van der Waals surface area (Å²) in [5.41, 5.74) is 2.53. The van der Waals surface area contributed by atoms with Crippen LogP contribution < -0.4 is 0 Å². The van der Waals surface area contributed by atoms with Crippen molar-refractivity contribution in [3.8, 4) is 11.5 Å². The standard InChI is InChI=1S/C23H27N5O4/c1-15-20-17(13-18(19-6-4-10-32-19)24-21(20)26(2)25-15)23(30)28-7-3-5-16(14-28)22(29)27-8-11-31-12-9-27/h4,6,10,13,16H,3,5,7-9,11-12,14H2,1-2H3. The first-order valence-electron chi connectivity index (χ1n) is 11.1. The van der Waals surface area contributed by atoms with Crippen molar-refractivity contribution in [2.75, 3.05) is 39.4 Å². The number of fused-ring (bicyclic) bond motifs is 1. The molecule has 3 aromatic rings. The third-order valence-electron chi connectivity index (χ3n) is 6.35. The van der Waals surface area contributed by atoms with Crippen molar-refractivity contribution in [1.82, 2.24) is 24.6 Å². The molecule has 3 aromatic heterocycles. The molecular formula is C23H27N5O4. The Hall–Kier alpha value is -3.20. The minimum absolute atomic E-state index is 0.0965. The van der Waals surface area contributed by atoms with Crippen molar-refractivity contribution in [1.29, 1.82) is 0 Å². The van der Waals surface area contributed by atoms with Gasteiger partial charge in [0.2, 0.25) is 5.91 Å². The Bertz CT molecular complexity index is 1150. The van der Waals surface area contributed by atoms with Gasteiger partial charge in [0.15, 0.2) is 11.4 Å². The molecule has 0 radical (unpaired) electrons. The lowest BCUT2D eigenvalue weighted by Gasteiger charge is -2.36. The maximum atomic E-state index is 13.7. The van der Waals surface area contributed by atoms with Crippen LogP contribution in [0.15, 0.2) is 28.9 Å². The molecule has 2 aliphatic heterocycles. The Morgan fingerprint density at radius 2 is 1.97 bits per heavy atom. The molecule has 168 valence electrons. The van der Waals surface area contributed by atoms with E-state index in [1.165, 1.54) is 0 Å². The summed E-state index contributed by atoms with van der Waals surface area (Å²) < 4.78 is 12.6. The number of morpholine rings is 1. The Morgan fingerprint density at radius 1 is 1.16 bits per heavy atom. The van der Waals surface area contributed by atoms with E-state index in [-0.39, 0.29) is 17.7 Å². The molecule has 9 heteroatoms. The molecular weight excluding hydrogens is 410 g/mol. The Morgan fingerprint density at radius 3 is 2.72 bits per heavy atom. The summed E-state index contributed by atoms with van der Waals surface area (Å²) in [6.07, 6.45) is 3.19. The zero-order valence-corrected chi connectivity index (χ0v) is 18.4. The Balaban J connectivity index is 1.46. The number of rotatable bonds is 3. The molecule has 0 bridgehead atoms. The lowest BCUT2D eigenvalue weighted by Crippen LogP contribution is -2.49. The van der Waals surface area contributed by atoms with Gasteiger partial charge in [-0.3, -0.25) is 14.3 Å². The van der Waals surface area contributed by atoms with Gasteiger partial charge in [0.25, 0.3) is 5.91 Å². The van der Waals surface area contributed by atoms with Crippen molar-refractivity contribution >= 4 is 22.8 Å². The van der Waals surface area contributed by atoms with Gasteiger partial charge in [-0.05, 0) is 38.0 Å². The molecule has 0 saturated carbocycles. The zero-order chi connectivity index (χ0) is 22.2. The summed E-state index contributed by atoms with van der Waals surface area (Å²) in [5.74, 6) is 0.446. The van der Waals surface area contributed by atoms with Crippen LogP contribution in [0.5, 0.6) is 0 Å². The number of nitrogens with zero attached hydrogens (tertiary/aromatic N) is 5. The highest BCUT2D eigenvalue weighted by molar-refractivity contribution is 6.07. The predicted octanol–water partition coefficient (Wildman–Crippen LogP) is 2.25. The summed E-state index contributed by atoms with van der Waals surface area (Å²) in [6.45, 7) is 5.33. The van der Waals surface area contributed by atoms with E-state index in [0.29, 0.717) is 62.1 Å². The fourth-order valence-corrected chi connectivity index (χ4v) is 4.74. The largest absolute Gasteiger partial charge is 0.463 e. The number of carbonyl (C=O) groups excluding carboxylic acids is 2. The van der Waals surface area contributed by atoms with Crippen molar-refractivity contribution in [2.24, 2.45) is 13.0 Å². The quantitative estimate of drug-likeness (QED) is 0.624. The average molecular weight is 438 g/mol. The fraction of sp³-hybridized carbons (Fsp3) is 0.478. The second-order valence-electron chi connectivity index (χ2n) is 8.47. The monoisotopic (exact) mass is 437 g/mol. The van der Waals surface area contributed by atoms with Gasteiger partial charge in [-0.2, -0.15) is 5.10 Å². The summed E-state index contributed by atoms with van der Waals surface area (Å²) >= 11 is 0. The van der Waals surface area contributed by atoms with Crippen LogP contribution in [0.2, 0.25) is 0 Å². The van der Waals surface area contributed by atoms with Gasteiger partial charge in [0.05, 0.1) is 42.0 Å². The van der Waals surface area contributed by atoms with E-state index >= 15 is 0 Å². The number of carbonyl (C=O) groups is 2. The molecule has 2 fully saturated rings. The van der Waals surface area contributed by atoms with Crippen molar-refractivity contribution in [3.05, 3.63) is 35.7 Å². The van der Waals surface area contributed by atoms with Gasteiger partial charge in [-0.25, -0.2) is 4.98 Å². The highest BCUT2D eigenvalue weighted by Crippen LogP contribution is 2.29. The third kappa shape index (κ3) is 3.66. The number of hydrogen-bond donors (Lipinski definition) is 0. The van der Waals surface area contributed by atoms with Crippen LogP contribution in [-0.4, -0.2) is 75.8 Å². The summed E-state index contributed by atoms with van der Waals surface area (Å²) in [5, 5.41) is 5.23. The summed E-state index contributed by atoms with van der Waals surface area (Å²) in [6, 6.07) is 5.40. The number of furan rings is 1. The first-order chi connectivity index (χ1) is 15.5. The second-order valence-corrected chi connectivity index (χ2v) is 8.47. The third-order valence-corrected chi connectivity index (χ3v) is 6.35. The molecule has 0 aliphatic carbocycles.